The maximum absolute atomic E-state index is 14.1. The van der Waals surface area contributed by atoms with Crippen molar-refractivity contribution < 1.29 is 4.79 Å². The number of aromatic amines is 1. The predicted octanol–water partition coefficient (Wildman–Crippen LogP) is 10.1. The third kappa shape index (κ3) is 9.78. The summed E-state index contributed by atoms with van der Waals surface area (Å²) in [5.41, 5.74) is 19.5. The Bertz CT molecular complexity index is 2420. The van der Waals surface area contributed by atoms with Crippen LogP contribution in [0.15, 0.2) is 89.6 Å². The lowest BCUT2D eigenvalue weighted by Gasteiger charge is -2.46. The van der Waals surface area contributed by atoms with Gasteiger partial charge in [0.15, 0.2) is 0 Å². The maximum atomic E-state index is 14.1. The van der Waals surface area contributed by atoms with Crippen LogP contribution in [0.4, 0.5) is 17.1 Å². The van der Waals surface area contributed by atoms with Crippen molar-refractivity contribution in [2.24, 2.45) is 10.8 Å². The average molecular weight is 858 g/mol. The standard InChI is InChI=1S/C50H61ClN8OS/c1-49(2)16-13-37(44(28-49)34-5-8-39(51)9-6-34)30-57-19-21-59(22-20-57)41-11-12-43(38(25-41)24-33-23-36-14-17-53-47(36)54-29-33)48(60)56-61-42-26-35-7-10-40(55-46(35)45(52)27-42)15-18-58-31-50(3,4)32-58/h5-6,8-9,11-12,14,17,23,25-27,29,40,55H,7,10,13,15-16,18-22,24,28,30-32,52H2,1-4H3,(H,53,54)(H,56,60)/t40-/m1/s1. The number of aryl methyl sites for hydroxylation is 1. The summed E-state index contributed by atoms with van der Waals surface area (Å²) in [6.07, 6.45) is 11.1. The Morgan fingerprint density at radius 1 is 0.951 bits per heavy atom. The number of benzene rings is 3. The summed E-state index contributed by atoms with van der Waals surface area (Å²) in [5, 5.41) is 5.59. The molecule has 1 aliphatic carbocycles. The summed E-state index contributed by atoms with van der Waals surface area (Å²) < 4.78 is 3.17. The van der Waals surface area contributed by atoms with Gasteiger partial charge in [-0.15, -0.1) is 0 Å². The first kappa shape index (κ1) is 41.9. The van der Waals surface area contributed by atoms with Crippen LogP contribution >= 0.6 is 23.5 Å². The fourth-order valence-corrected chi connectivity index (χ4v) is 11.0. The quantitative estimate of drug-likeness (QED) is 0.0727. The summed E-state index contributed by atoms with van der Waals surface area (Å²) in [5.74, 6) is -0.115. The Hall–Kier alpha value is -4.48. The van der Waals surface area contributed by atoms with E-state index in [0.717, 1.165) is 121 Å². The third-order valence-corrected chi connectivity index (χ3v) is 14.4. The molecule has 0 bridgehead atoms. The molecule has 2 aromatic heterocycles. The molecule has 0 unspecified atom stereocenters. The molecule has 1 amide bonds. The van der Waals surface area contributed by atoms with Crippen molar-refractivity contribution in [1.29, 1.82) is 0 Å². The molecule has 0 saturated carbocycles. The van der Waals surface area contributed by atoms with E-state index in [0.29, 0.717) is 28.9 Å². The van der Waals surface area contributed by atoms with Gasteiger partial charge in [-0.2, -0.15) is 0 Å². The summed E-state index contributed by atoms with van der Waals surface area (Å²) in [6.45, 7) is 17.8. The Kier molecular flexibility index (Phi) is 11.9. The number of hydrogen-bond acceptors (Lipinski definition) is 8. The van der Waals surface area contributed by atoms with Gasteiger partial charge < -0.3 is 25.8 Å². The minimum Gasteiger partial charge on any atom is -0.397 e. The first-order chi connectivity index (χ1) is 29.3. The van der Waals surface area contributed by atoms with Crippen molar-refractivity contribution in [2.45, 2.75) is 83.6 Å². The van der Waals surface area contributed by atoms with Gasteiger partial charge in [0.25, 0.3) is 5.91 Å². The number of rotatable bonds is 12. The number of hydrogen-bond donors (Lipinski definition) is 4. The van der Waals surface area contributed by atoms with E-state index in [4.69, 9.17) is 17.3 Å². The average Bonchev–Trinajstić information content (AvgIpc) is 3.71. The highest BCUT2D eigenvalue weighted by atomic mass is 35.5. The number of nitrogens with two attached hydrogens (primary N) is 1. The Labute approximate surface area is 371 Å². The van der Waals surface area contributed by atoms with Crippen molar-refractivity contribution in [2.75, 3.05) is 68.3 Å². The summed E-state index contributed by atoms with van der Waals surface area (Å²) in [4.78, 5) is 30.5. The second kappa shape index (κ2) is 17.4. The van der Waals surface area contributed by atoms with Crippen LogP contribution in [0.1, 0.15) is 92.4 Å². The van der Waals surface area contributed by atoms with Crippen LogP contribution in [0, 0.1) is 10.8 Å². The molecule has 0 spiro atoms. The van der Waals surface area contributed by atoms with Gasteiger partial charge >= 0.3 is 0 Å². The SMILES string of the molecule is CC1(C)CCC(CN2CCN(c3ccc(C(=O)NSc4cc(N)c5c(c4)CC[C@H](CCN4CC(C)(C)C4)N5)c(Cc4cnc5[nH]ccc5c4)c3)CC2)=C(c2ccc(Cl)cc2)C1. The number of anilines is 3. The molecule has 3 aliphatic heterocycles. The van der Waals surface area contributed by atoms with E-state index in [9.17, 15) is 4.79 Å². The molecule has 11 heteroatoms. The molecular formula is C50H61ClN8OS. The number of H-pyrrole nitrogens is 1. The van der Waals surface area contributed by atoms with E-state index in [1.165, 1.54) is 48.2 Å². The van der Waals surface area contributed by atoms with E-state index in [1.807, 2.05) is 42.7 Å². The molecule has 9 nitrogen and oxygen atoms in total. The molecule has 5 heterocycles. The largest absolute Gasteiger partial charge is 0.397 e. The molecule has 61 heavy (non-hydrogen) atoms. The van der Waals surface area contributed by atoms with Crippen LogP contribution in [0.2, 0.25) is 5.02 Å². The fraction of sp³-hybridized carbons (Fsp3) is 0.440. The summed E-state index contributed by atoms with van der Waals surface area (Å²) in [7, 11) is 0. The van der Waals surface area contributed by atoms with Crippen molar-refractivity contribution in [1.82, 2.24) is 24.5 Å². The minimum absolute atomic E-state index is 0.115. The molecule has 1 atom stereocenters. The number of nitrogen functional groups attached to an aromatic ring is 1. The van der Waals surface area contributed by atoms with Crippen LogP contribution in [-0.4, -0.2) is 84.1 Å². The number of pyridine rings is 1. The van der Waals surface area contributed by atoms with Crippen LogP contribution in [0.25, 0.3) is 16.6 Å². The minimum atomic E-state index is -0.115. The Morgan fingerprint density at radius 3 is 2.54 bits per heavy atom. The summed E-state index contributed by atoms with van der Waals surface area (Å²) >= 11 is 7.62. The third-order valence-electron chi connectivity index (χ3n) is 13.4. The van der Waals surface area contributed by atoms with Crippen molar-refractivity contribution >= 4 is 63.1 Å². The Balaban J connectivity index is 0.874. The first-order valence-electron chi connectivity index (χ1n) is 22.2. The zero-order valence-corrected chi connectivity index (χ0v) is 37.8. The van der Waals surface area contributed by atoms with Gasteiger partial charge in [-0.25, -0.2) is 4.98 Å². The molecule has 4 aliphatic rings. The zero-order chi connectivity index (χ0) is 42.3. The van der Waals surface area contributed by atoms with E-state index in [2.05, 4.69) is 98.8 Å². The van der Waals surface area contributed by atoms with Crippen molar-refractivity contribution in [3.05, 3.63) is 118 Å². The van der Waals surface area contributed by atoms with Crippen LogP contribution < -0.4 is 20.7 Å². The number of allylic oxidation sites excluding steroid dienone is 1. The van der Waals surface area contributed by atoms with Gasteiger partial charge in [0.1, 0.15) is 5.65 Å². The smallest absolute Gasteiger partial charge is 0.261 e. The molecular weight excluding hydrogens is 796 g/mol. The predicted molar refractivity (Wildman–Crippen MR) is 255 cm³/mol. The second-order valence-electron chi connectivity index (χ2n) is 19.6. The van der Waals surface area contributed by atoms with Crippen LogP contribution in [0.3, 0.4) is 0 Å². The highest BCUT2D eigenvalue weighted by Gasteiger charge is 2.34. The van der Waals surface area contributed by atoms with Gasteiger partial charge in [-0.1, -0.05) is 57.0 Å². The monoisotopic (exact) mass is 856 g/mol. The number of likely N-dealkylation sites (tertiary alicyclic amines) is 1. The van der Waals surface area contributed by atoms with Crippen molar-refractivity contribution in [3.63, 3.8) is 0 Å². The van der Waals surface area contributed by atoms with E-state index < -0.39 is 0 Å². The van der Waals surface area contributed by atoms with Gasteiger partial charge in [-0.05, 0) is 150 Å². The van der Waals surface area contributed by atoms with E-state index in [-0.39, 0.29) is 5.91 Å². The molecule has 5 aromatic rings. The normalized spacial score (nSPS) is 20.3. The number of carbonyl (C=O) groups excluding carboxylic acids is 1. The van der Waals surface area contributed by atoms with E-state index >= 15 is 0 Å². The number of fused-ring (bicyclic) bond motifs is 2. The highest BCUT2D eigenvalue weighted by molar-refractivity contribution is 7.98. The molecule has 2 saturated heterocycles. The molecule has 5 N–H and O–H groups in total. The lowest BCUT2D eigenvalue weighted by molar-refractivity contribution is 0.0292. The Morgan fingerprint density at radius 2 is 1.75 bits per heavy atom. The van der Waals surface area contributed by atoms with Gasteiger partial charge in [0, 0.05) is 97.3 Å². The number of aromatic nitrogens is 2. The van der Waals surface area contributed by atoms with Crippen LogP contribution in [-0.2, 0) is 12.8 Å². The van der Waals surface area contributed by atoms with E-state index in [1.54, 1.807) is 5.57 Å². The summed E-state index contributed by atoms with van der Waals surface area (Å²) in [6, 6.07) is 23.6. The topological polar surface area (TPSA) is 106 Å². The lowest BCUT2D eigenvalue weighted by atomic mass is 9.72. The molecule has 320 valence electrons. The number of nitrogens with one attached hydrogen (secondary N) is 3. The van der Waals surface area contributed by atoms with Gasteiger partial charge in [-0.3, -0.25) is 14.4 Å². The lowest BCUT2D eigenvalue weighted by Crippen LogP contribution is -2.53. The molecule has 3 aromatic carbocycles. The molecule has 2 fully saturated rings. The first-order valence-corrected chi connectivity index (χ1v) is 23.4. The van der Waals surface area contributed by atoms with Gasteiger partial charge in [0.05, 0.1) is 11.4 Å². The fourth-order valence-electron chi connectivity index (χ4n) is 10.1. The second-order valence-corrected chi connectivity index (χ2v) is 20.9. The number of amides is 1. The number of carbonyl (C=O) groups is 1. The highest BCUT2D eigenvalue weighted by Crippen LogP contribution is 2.43. The number of piperazine rings is 1. The van der Waals surface area contributed by atoms with Gasteiger partial charge in [0.2, 0.25) is 0 Å². The number of halogens is 1. The maximum Gasteiger partial charge on any atom is 0.261 e. The zero-order valence-electron chi connectivity index (χ0n) is 36.3. The molecule has 0 radical (unpaired) electrons. The number of nitrogens with zero attached hydrogens (tertiary/aromatic N) is 4. The van der Waals surface area contributed by atoms with Crippen molar-refractivity contribution in [3.8, 4) is 0 Å². The molecule has 9 rings (SSSR count). The van der Waals surface area contributed by atoms with Crippen LogP contribution in [0.5, 0.6) is 0 Å².